The molecule has 0 bridgehead atoms. The number of halogens is 1. The van der Waals surface area contributed by atoms with E-state index >= 15 is 0 Å². The Bertz CT molecular complexity index is 372. The van der Waals surface area contributed by atoms with Crippen LogP contribution in [0.3, 0.4) is 0 Å². The van der Waals surface area contributed by atoms with Gasteiger partial charge in [0.25, 0.3) is 0 Å². The lowest BCUT2D eigenvalue weighted by Crippen LogP contribution is -2.20. The van der Waals surface area contributed by atoms with Crippen LogP contribution in [-0.2, 0) is 5.54 Å². The third-order valence-electron chi connectivity index (χ3n) is 2.82. The van der Waals surface area contributed by atoms with Crippen molar-refractivity contribution in [1.82, 2.24) is 0 Å². The summed E-state index contributed by atoms with van der Waals surface area (Å²) in [6.07, 6.45) is 2.16. The number of ether oxygens (including phenoxy) is 1. The van der Waals surface area contributed by atoms with Crippen LogP contribution in [0.1, 0.15) is 24.0 Å². The first kappa shape index (κ1) is 9.99. The Balaban J connectivity index is 2.50. The van der Waals surface area contributed by atoms with Crippen LogP contribution in [0.25, 0.3) is 0 Å². The van der Waals surface area contributed by atoms with Crippen LogP contribution in [0.4, 0.5) is 0 Å². The van der Waals surface area contributed by atoms with E-state index in [2.05, 4.69) is 28.9 Å². The monoisotopic (exact) mass is 255 g/mol. The van der Waals surface area contributed by atoms with E-state index in [1.807, 2.05) is 6.07 Å². The minimum absolute atomic E-state index is 0.0853. The molecule has 0 unspecified atom stereocenters. The van der Waals surface area contributed by atoms with E-state index in [0.717, 1.165) is 23.1 Å². The molecule has 1 fully saturated rings. The van der Waals surface area contributed by atoms with Crippen molar-refractivity contribution in [3.05, 3.63) is 27.7 Å². The molecule has 0 atom stereocenters. The number of nitrogens with two attached hydrogens (primary N) is 1. The highest BCUT2D eigenvalue weighted by molar-refractivity contribution is 9.10. The average Bonchev–Trinajstić information content (AvgIpc) is 2.85. The Morgan fingerprint density at radius 1 is 1.43 bits per heavy atom. The fourth-order valence-electron chi connectivity index (χ4n) is 1.75. The molecular formula is C11H14BrNO. The zero-order chi connectivity index (χ0) is 10.3. The van der Waals surface area contributed by atoms with Crippen LogP contribution < -0.4 is 10.5 Å². The van der Waals surface area contributed by atoms with Gasteiger partial charge in [0.1, 0.15) is 5.75 Å². The van der Waals surface area contributed by atoms with Gasteiger partial charge in [-0.2, -0.15) is 0 Å². The van der Waals surface area contributed by atoms with Gasteiger partial charge in [-0.3, -0.25) is 0 Å². The molecule has 14 heavy (non-hydrogen) atoms. The van der Waals surface area contributed by atoms with Gasteiger partial charge in [-0.1, -0.05) is 0 Å². The van der Waals surface area contributed by atoms with Crippen LogP contribution in [0, 0.1) is 6.92 Å². The molecule has 0 aromatic heterocycles. The Hall–Kier alpha value is -0.540. The van der Waals surface area contributed by atoms with Crippen molar-refractivity contribution in [3.8, 4) is 5.75 Å². The number of benzene rings is 1. The molecular weight excluding hydrogens is 242 g/mol. The Morgan fingerprint density at radius 2 is 2.07 bits per heavy atom. The lowest BCUT2D eigenvalue weighted by molar-refractivity contribution is 0.411. The number of hydrogen-bond acceptors (Lipinski definition) is 2. The van der Waals surface area contributed by atoms with Gasteiger partial charge in [0, 0.05) is 5.54 Å². The molecule has 0 amide bonds. The zero-order valence-electron chi connectivity index (χ0n) is 8.43. The Kier molecular flexibility index (Phi) is 2.32. The maximum Gasteiger partial charge on any atom is 0.133 e. The molecule has 0 aliphatic heterocycles. The van der Waals surface area contributed by atoms with E-state index in [-0.39, 0.29) is 5.54 Å². The highest BCUT2D eigenvalue weighted by Crippen LogP contribution is 2.46. The molecule has 2 rings (SSSR count). The highest BCUT2D eigenvalue weighted by atomic mass is 79.9. The topological polar surface area (TPSA) is 35.2 Å². The van der Waals surface area contributed by atoms with Crippen molar-refractivity contribution in [2.24, 2.45) is 5.73 Å². The minimum Gasteiger partial charge on any atom is -0.496 e. The summed E-state index contributed by atoms with van der Waals surface area (Å²) in [6.45, 7) is 2.09. The number of hydrogen-bond donors (Lipinski definition) is 1. The summed E-state index contributed by atoms with van der Waals surface area (Å²) in [5.74, 6) is 0.863. The summed E-state index contributed by atoms with van der Waals surface area (Å²) in [4.78, 5) is 0. The summed E-state index contributed by atoms with van der Waals surface area (Å²) in [5, 5.41) is 0. The molecule has 2 N–H and O–H groups in total. The van der Waals surface area contributed by atoms with E-state index in [0.29, 0.717) is 0 Å². The lowest BCUT2D eigenvalue weighted by Gasteiger charge is -2.15. The predicted octanol–water partition coefficient (Wildman–Crippen LogP) is 2.71. The quantitative estimate of drug-likeness (QED) is 0.882. The van der Waals surface area contributed by atoms with Gasteiger partial charge < -0.3 is 10.5 Å². The fourth-order valence-corrected chi connectivity index (χ4v) is 2.37. The first-order chi connectivity index (χ1) is 6.57. The standard InChI is InChI=1S/C11H14BrNO/c1-7-5-9(12)10(14-2)6-8(7)11(13)3-4-11/h5-6H,3-4,13H2,1-2H3. The molecule has 1 aliphatic rings. The number of aryl methyl sites for hydroxylation is 1. The van der Waals surface area contributed by atoms with E-state index in [1.54, 1.807) is 7.11 Å². The second-order valence-corrected chi connectivity index (χ2v) is 4.81. The largest absolute Gasteiger partial charge is 0.496 e. The van der Waals surface area contributed by atoms with Gasteiger partial charge in [-0.05, 0) is 59.0 Å². The minimum atomic E-state index is -0.0853. The summed E-state index contributed by atoms with van der Waals surface area (Å²) < 4.78 is 6.25. The summed E-state index contributed by atoms with van der Waals surface area (Å²) >= 11 is 3.46. The molecule has 2 nitrogen and oxygen atoms in total. The Labute approximate surface area is 92.6 Å². The molecule has 1 aliphatic carbocycles. The molecule has 0 spiro atoms. The van der Waals surface area contributed by atoms with Gasteiger partial charge in [0.15, 0.2) is 0 Å². The van der Waals surface area contributed by atoms with Crippen LogP contribution in [-0.4, -0.2) is 7.11 Å². The van der Waals surface area contributed by atoms with Gasteiger partial charge in [0.2, 0.25) is 0 Å². The first-order valence-corrected chi connectivity index (χ1v) is 5.49. The van der Waals surface area contributed by atoms with Gasteiger partial charge in [-0.15, -0.1) is 0 Å². The third kappa shape index (κ3) is 1.55. The molecule has 76 valence electrons. The van der Waals surface area contributed by atoms with Crippen LogP contribution in [0.5, 0.6) is 5.75 Å². The van der Waals surface area contributed by atoms with Crippen molar-refractivity contribution >= 4 is 15.9 Å². The SMILES string of the molecule is COc1cc(C2(N)CC2)c(C)cc1Br. The van der Waals surface area contributed by atoms with Crippen molar-refractivity contribution in [2.75, 3.05) is 7.11 Å². The van der Waals surface area contributed by atoms with E-state index in [1.165, 1.54) is 11.1 Å². The normalized spacial score (nSPS) is 18.0. The number of methoxy groups -OCH3 is 1. The van der Waals surface area contributed by atoms with Gasteiger partial charge in [-0.25, -0.2) is 0 Å². The molecule has 0 saturated heterocycles. The average molecular weight is 256 g/mol. The van der Waals surface area contributed by atoms with Gasteiger partial charge >= 0.3 is 0 Å². The predicted molar refractivity (Wildman–Crippen MR) is 60.5 cm³/mol. The third-order valence-corrected chi connectivity index (χ3v) is 3.44. The van der Waals surface area contributed by atoms with Crippen LogP contribution >= 0.6 is 15.9 Å². The highest BCUT2D eigenvalue weighted by Gasteiger charge is 2.41. The Morgan fingerprint density at radius 3 is 2.57 bits per heavy atom. The van der Waals surface area contributed by atoms with Crippen molar-refractivity contribution < 1.29 is 4.74 Å². The number of rotatable bonds is 2. The van der Waals surface area contributed by atoms with Gasteiger partial charge in [0.05, 0.1) is 11.6 Å². The van der Waals surface area contributed by atoms with Crippen LogP contribution in [0.15, 0.2) is 16.6 Å². The molecule has 0 radical (unpaired) electrons. The summed E-state index contributed by atoms with van der Waals surface area (Å²) in [7, 11) is 1.68. The zero-order valence-corrected chi connectivity index (χ0v) is 10.0. The van der Waals surface area contributed by atoms with Crippen molar-refractivity contribution in [3.63, 3.8) is 0 Å². The summed E-state index contributed by atoms with van der Waals surface area (Å²) in [5.41, 5.74) is 8.54. The van der Waals surface area contributed by atoms with E-state index in [9.17, 15) is 0 Å². The molecule has 0 heterocycles. The fraction of sp³-hybridized carbons (Fsp3) is 0.455. The second-order valence-electron chi connectivity index (χ2n) is 3.96. The van der Waals surface area contributed by atoms with E-state index < -0.39 is 0 Å². The summed E-state index contributed by atoms with van der Waals surface area (Å²) in [6, 6.07) is 4.12. The van der Waals surface area contributed by atoms with Crippen molar-refractivity contribution in [1.29, 1.82) is 0 Å². The lowest BCUT2D eigenvalue weighted by atomic mass is 10.00. The maximum absolute atomic E-state index is 6.17. The molecule has 3 heteroatoms. The smallest absolute Gasteiger partial charge is 0.133 e. The molecule has 1 saturated carbocycles. The molecule has 1 aromatic rings. The molecule has 1 aromatic carbocycles. The first-order valence-electron chi connectivity index (χ1n) is 4.70. The van der Waals surface area contributed by atoms with Crippen LogP contribution in [0.2, 0.25) is 0 Å². The van der Waals surface area contributed by atoms with E-state index in [4.69, 9.17) is 10.5 Å². The second kappa shape index (κ2) is 3.24. The van der Waals surface area contributed by atoms with Crippen molar-refractivity contribution in [2.45, 2.75) is 25.3 Å². The maximum atomic E-state index is 6.17.